The van der Waals surface area contributed by atoms with E-state index in [9.17, 15) is 9.59 Å². The predicted octanol–water partition coefficient (Wildman–Crippen LogP) is 0.376. The van der Waals surface area contributed by atoms with Crippen molar-refractivity contribution in [3.63, 3.8) is 0 Å². The SMILES string of the molecule is CC1(NC(=O)[C@@H]2C[C@@H]2C(=O)O)CC1. The van der Waals surface area contributed by atoms with Gasteiger partial charge in [-0.3, -0.25) is 9.59 Å². The molecular formula is C9H13NO3. The first-order valence-electron chi connectivity index (χ1n) is 4.57. The Hall–Kier alpha value is -1.06. The maximum absolute atomic E-state index is 11.4. The van der Waals surface area contributed by atoms with E-state index in [1.807, 2.05) is 6.92 Å². The molecule has 1 amide bonds. The van der Waals surface area contributed by atoms with E-state index in [1.165, 1.54) is 0 Å². The Morgan fingerprint density at radius 2 is 2.00 bits per heavy atom. The van der Waals surface area contributed by atoms with E-state index >= 15 is 0 Å². The van der Waals surface area contributed by atoms with Gasteiger partial charge in [0.15, 0.2) is 0 Å². The van der Waals surface area contributed by atoms with Crippen molar-refractivity contribution < 1.29 is 14.7 Å². The lowest BCUT2D eigenvalue weighted by Gasteiger charge is -2.10. The van der Waals surface area contributed by atoms with E-state index in [1.54, 1.807) is 0 Å². The monoisotopic (exact) mass is 183 g/mol. The number of aliphatic carboxylic acids is 1. The van der Waals surface area contributed by atoms with Crippen LogP contribution in [-0.2, 0) is 9.59 Å². The molecule has 0 heterocycles. The van der Waals surface area contributed by atoms with Crippen molar-refractivity contribution in [1.82, 2.24) is 5.32 Å². The molecule has 0 bridgehead atoms. The number of carbonyl (C=O) groups is 2. The average molecular weight is 183 g/mol. The predicted molar refractivity (Wildman–Crippen MR) is 45.0 cm³/mol. The van der Waals surface area contributed by atoms with Crippen LogP contribution in [0.15, 0.2) is 0 Å². The third-order valence-electron chi connectivity index (χ3n) is 2.87. The summed E-state index contributed by atoms with van der Waals surface area (Å²) in [7, 11) is 0. The number of carboxylic acids is 1. The van der Waals surface area contributed by atoms with Crippen molar-refractivity contribution in [2.45, 2.75) is 31.7 Å². The highest BCUT2D eigenvalue weighted by atomic mass is 16.4. The number of carboxylic acid groups (broad SMARTS) is 1. The summed E-state index contributed by atoms with van der Waals surface area (Å²) in [5.74, 6) is -1.62. The molecule has 4 nitrogen and oxygen atoms in total. The highest BCUT2D eigenvalue weighted by molar-refractivity contribution is 5.90. The van der Waals surface area contributed by atoms with Crippen LogP contribution in [-0.4, -0.2) is 22.5 Å². The van der Waals surface area contributed by atoms with Gasteiger partial charge >= 0.3 is 5.97 Å². The van der Waals surface area contributed by atoms with E-state index in [-0.39, 0.29) is 17.4 Å². The van der Waals surface area contributed by atoms with Gasteiger partial charge in [0.2, 0.25) is 5.91 Å². The van der Waals surface area contributed by atoms with Crippen molar-refractivity contribution in [1.29, 1.82) is 0 Å². The maximum Gasteiger partial charge on any atom is 0.307 e. The fourth-order valence-corrected chi connectivity index (χ4v) is 1.46. The molecule has 2 N–H and O–H groups in total. The van der Waals surface area contributed by atoms with Crippen LogP contribution in [0.3, 0.4) is 0 Å². The van der Waals surface area contributed by atoms with Crippen molar-refractivity contribution in [3.05, 3.63) is 0 Å². The molecule has 2 atom stereocenters. The fraction of sp³-hybridized carbons (Fsp3) is 0.778. The van der Waals surface area contributed by atoms with Crippen LogP contribution in [0.4, 0.5) is 0 Å². The molecule has 0 unspecified atom stereocenters. The van der Waals surface area contributed by atoms with Gasteiger partial charge in [0.05, 0.1) is 11.8 Å². The first kappa shape index (κ1) is 8.53. The fourth-order valence-electron chi connectivity index (χ4n) is 1.46. The largest absolute Gasteiger partial charge is 0.481 e. The van der Waals surface area contributed by atoms with Crippen molar-refractivity contribution >= 4 is 11.9 Å². The molecule has 2 aliphatic rings. The van der Waals surface area contributed by atoms with Gasteiger partial charge in [-0.15, -0.1) is 0 Å². The molecule has 0 aliphatic heterocycles. The summed E-state index contributed by atoms with van der Waals surface area (Å²) in [4.78, 5) is 21.9. The second kappa shape index (κ2) is 2.47. The second-order valence-electron chi connectivity index (χ2n) is 4.34. The summed E-state index contributed by atoms with van der Waals surface area (Å²) >= 11 is 0. The summed E-state index contributed by atoms with van der Waals surface area (Å²) in [6, 6.07) is 0. The minimum Gasteiger partial charge on any atom is -0.481 e. The lowest BCUT2D eigenvalue weighted by molar-refractivity contribution is -0.140. The minimum atomic E-state index is -0.846. The Kier molecular flexibility index (Phi) is 1.62. The van der Waals surface area contributed by atoms with Gasteiger partial charge in [-0.2, -0.15) is 0 Å². The highest BCUT2D eigenvalue weighted by Gasteiger charge is 2.51. The van der Waals surface area contributed by atoms with E-state index < -0.39 is 11.9 Å². The van der Waals surface area contributed by atoms with Gasteiger partial charge in [-0.05, 0) is 26.2 Å². The highest BCUT2D eigenvalue weighted by Crippen LogP contribution is 2.41. The average Bonchev–Trinajstić information content (AvgIpc) is 2.82. The molecule has 0 aromatic heterocycles. The summed E-state index contributed by atoms with van der Waals surface area (Å²) in [5.41, 5.74) is -0.0251. The Labute approximate surface area is 76.3 Å². The molecule has 0 saturated heterocycles. The molecular weight excluding hydrogens is 170 g/mol. The molecule has 2 saturated carbocycles. The molecule has 2 rings (SSSR count). The van der Waals surface area contributed by atoms with Crippen LogP contribution < -0.4 is 5.32 Å². The van der Waals surface area contributed by atoms with Crippen molar-refractivity contribution in [2.24, 2.45) is 11.8 Å². The summed E-state index contributed by atoms with van der Waals surface area (Å²) in [6.07, 6.45) is 2.55. The van der Waals surface area contributed by atoms with E-state index in [2.05, 4.69) is 5.32 Å². The number of rotatable bonds is 3. The smallest absolute Gasteiger partial charge is 0.307 e. The first-order valence-corrected chi connectivity index (χ1v) is 4.57. The van der Waals surface area contributed by atoms with Crippen LogP contribution >= 0.6 is 0 Å². The molecule has 0 spiro atoms. The quantitative estimate of drug-likeness (QED) is 0.664. The third-order valence-corrected chi connectivity index (χ3v) is 2.87. The summed E-state index contributed by atoms with van der Waals surface area (Å²) in [5, 5.41) is 11.5. The van der Waals surface area contributed by atoms with Crippen LogP contribution in [0, 0.1) is 11.8 Å². The number of hydrogen-bond acceptors (Lipinski definition) is 2. The Morgan fingerprint density at radius 3 is 2.38 bits per heavy atom. The lowest BCUT2D eigenvalue weighted by Crippen LogP contribution is -2.36. The van der Waals surface area contributed by atoms with Crippen LogP contribution in [0.1, 0.15) is 26.2 Å². The zero-order chi connectivity index (χ0) is 9.64. The van der Waals surface area contributed by atoms with E-state index in [0.29, 0.717) is 6.42 Å². The van der Waals surface area contributed by atoms with E-state index in [0.717, 1.165) is 12.8 Å². The molecule has 72 valence electrons. The first-order chi connectivity index (χ1) is 6.02. The van der Waals surface area contributed by atoms with Crippen molar-refractivity contribution in [2.75, 3.05) is 0 Å². The second-order valence-corrected chi connectivity index (χ2v) is 4.34. The Balaban J connectivity index is 1.83. The number of amides is 1. The molecule has 0 radical (unpaired) electrons. The van der Waals surface area contributed by atoms with Gasteiger partial charge in [-0.25, -0.2) is 0 Å². The number of hydrogen-bond donors (Lipinski definition) is 2. The molecule has 0 aromatic rings. The summed E-state index contributed by atoms with van der Waals surface area (Å²) in [6.45, 7) is 1.99. The van der Waals surface area contributed by atoms with Crippen LogP contribution in [0.2, 0.25) is 0 Å². The molecule has 4 heteroatoms. The topological polar surface area (TPSA) is 66.4 Å². The molecule has 0 aromatic carbocycles. The summed E-state index contributed by atoms with van der Waals surface area (Å²) < 4.78 is 0. The lowest BCUT2D eigenvalue weighted by atomic mass is 10.2. The third kappa shape index (κ3) is 1.66. The standard InChI is InChI=1S/C9H13NO3/c1-9(2-3-9)10-7(11)5-4-6(5)8(12)13/h5-6H,2-4H2,1H3,(H,10,11)(H,12,13)/t5-,6+/m1/s1. The maximum atomic E-state index is 11.4. The normalized spacial score (nSPS) is 33.6. The van der Waals surface area contributed by atoms with Gasteiger partial charge in [-0.1, -0.05) is 0 Å². The van der Waals surface area contributed by atoms with E-state index in [4.69, 9.17) is 5.11 Å². The van der Waals surface area contributed by atoms with Crippen LogP contribution in [0.5, 0.6) is 0 Å². The Bertz CT molecular complexity index is 270. The minimum absolute atomic E-state index is 0.0251. The molecule has 2 aliphatic carbocycles. The van der Waals surface area contributed by atoms with Gasteiger partial charge in [0.1, 0.15) is 0 Å². The number of nitrogens with one attached hydrogen (secondary N) is 1. The zero-order valence-corrected chi connectivity index (χ0v) is 7.54. The van der Waals surface area contributed by atoms with Gasteiger partial charge in [0.25, 0.3) is 0 Å². The van der Waals surface area contributed by atoms with Crippen LogP contribution in [0.25, 0.3) is 0 Å². The Morgan fingerprint density at radius 1 is 1.38 bits per heavy atom. The van der Waals surface area contributed by atoms with Gasteiger partial charge in [0, 0.05) is 5.54 Å². The molecule has 13 heavy (non-hydrogen) atoms. The van der Waals surface area contributed by atoms with Gasteiger partial charge < -0.3 is 10.4 Å². The zero-order valence-electron chi connectivity index (χ0n) is 7.54. The van der Waals surface area contributed by atoms with Crippen molar-refractivity contribution in [3.8, 4) is 0 Å². The number of carbonyl (C=O) groups excluding carboxylic acids is 1. The molecule has 2 fully saturated rings.